The predicted molar refractivity (Wildman–Crippen MR) is 62.1 cm³/mol. The first-order chi connectivity index (χ1) is 7.16. The average molecular weight is 203 g/mol. The Morgan fingerprint density at radius 1 is 1.27 bits per heavy atom. The van der Waals surface area contributed by atoms with E-state index in [4.69, 9.17) is 0 Å². The van der Waals surface area contributed by atoms with Gasteiger partial charge in [0, 0.05) is 12.1 Å². The lowest BCUT2D eigenvalue weighted by molar-refractivity contribution is -0.116. The third-order valence-electron chi connectivity index (χ3n) is 2.92. The summed E-state index contributed by atoms with van der Waals surface area (Å²) in [6.45, 7) is 4.38. The Morgan fingerprint density at radius 3 is 2.80 bits per heavy atom. The summed E-state index contributed by atoms with van der Waals surface area (Å²) in [5.74, 6) is 0.695. The minimum Gasteiger partial charge on any atom is -0.326 e. The van der Waals surface area contributed by atoms with Gasteiger partial charge in [0.15, 0.2) is 0 Å². The van der Waals surface area contributed by atoms with Crippen molar-refractivity contribution in [2.45, 2.75) is 39.0 Å². The highest BCUT2D eigenvalue weighted by atomic mass is 16.1. The van der Waals surface area contributed by atoms with E-state index in [1.807, 2.05) is 6.07 Å². The molecular formula is C13H17NO. The monoisotopic (exact) mass is 203 g/mol. The second-order valence-electron chi connectivity index (χ2n) is 4.47. The molecule has 1 N–H and O–H groups in total. The Balaban J connectivity index is 2.35. The zero-order valence-corrected chi connectivity index (χ0v) is 9.34. The van der Waals surface area contributed by atoms with E-state index in [0.29, 0.717) is 12.3 Å². The smallest absolute Gasteiger partial charge is 0.224 e. The highest BCUT2D eigenvalue weighted by molar-refractivity contribution is 5.92. The first-order valence-electron chi connectivity index (χ1n) is 5.59. The molecule has 0 bridgehead atoms. The third-order valence-corrected chi connectivity index (χ3v) is 2.92. The molecule has 0 atom stereocenters. The fraction of sp³-hybridized carbons (Fsp3) is 0.462. The number of benzene rings is 1. The van der Waals surface area contributed by atoms with E-state index in [1.54, 1.807) is 0 Å². The molecule has 80 valence electrons. The van der Waals surface area contributed by atoms with Crippen LogP contribution >= 0.6 is 0 Å². The van der Waals surface area contributed by atoms with Gasteiger partial charge in [-0.05, 0) is 36.0 Å². The van der Waals surface area contributed by atoms with Crippen LogP contribution in [0.2, 0.25) is 0 Å². The fourth-order valence-electron chi connectivity index (χ4n) is 1.95. The van der Waals surface area contributed by atoms with Crippen LogP contribution in [-0.4, -0.2) is 5.91 Å². The number of amides is 1. The van der Waals surface area contributed by atoms with Crippen LogP contribution in [0.3, 0.4) is 0 Å². The van der Waals surface area contributed by atoms with Gasteiger partial charge >= 0.3 is 0 Å². The predicted octanol–water partition coefficient (Wildman–Crippen LogP) is 3.08. The number of fused-ring (bicyclic) bond motifs is 1. The van der Waals surface area contributed by atoms with Crippen molar-refractivity contribution >= 4 is 11.6 Å². The maximum absolute atomic E-state index is 11.4. The number of hydrogen-bond donors (Lipinski definition) is 1. The van der Waals surface area contributed by atoms with Crippen molar-refractivity contribution in [3.8, 4) is 0 Å². The van der Waals surface area contributed by atoms with Crippen LogP contribution in [-0.2, 0) is 11.2 Å². The number of rotatable bonds is 1. The topological polar surface area (TPSA) is 29.1 Å². The normalized spacial score (nSPS) is 15.8. The van der Waals surface area contributed by atoms with Crippen LogP contribution in [0.15, 0.2) is 18.2 Å². The van der Waals surface area contributed by atoms with Gasteiger partial charge in [-0.25, -0.2) is 0 Å². The van der Waals surface area contributed by atoms with Crippen molar-refractivity contribution < 1.29 is 4.79 Å². The van der Waals surface area contributed by atoms with Gasteiger partial charge < -0.3 is 5.32 Å². The van der Waals surface area contributed by atoms with Crippen molar-refractivity contribution in [3.63, 3.8) is 0 Å². The zero-order chi connectivity index (χ0) is 10.8. The molecule has 15 heavy (non-hydrogen) atoms. The molecule has 0 fully saturated rings. The molecule has 0 saturated heterocycles. The SMILES string of the molecule is CC(C)c1ccc2c(c1)CCCC(=O)N2. The van der Waals surface area contributed by atoms with Gasteiger partial charge in [-0.2, -0.15) is 0 Å². The second-order valence-corrected chi connectivity index (χ2v) is 4.47. The summed E-state index contributed by atoms with van der Waals surface area (Å²) in [6.07, 6.45) is 2.61. The second kappa shape index (κ2) is 4.05. The van der Waals surface area contributed by atoms with Crippen LogP contribution in [0.4, 0.5) is 5.69 Å². The molecule has 1 aliphatic heterocycles. The summed E-state index contributed by atoms with van der Waals surface area (Å²) in [6, 6.07) is 6.37. The molecule has 2 heteroatoms. The van der Waals surface area contributed by atoms with Crippen molar-refractivity contribution in [3.05, 3.63) is 29.3 Å². The van der Waals surface area contributed by atoms with Gasteiger partial charge in [0.05, 0.1) is 0 Å². The van der Waals surface area contributed by atoms with Crippen molar-refractivity contribution in [2.24, 2.45) is 0 Å². The van der Waals surface area contributed by atoms with Gasteiger partial charge in [0.2, 0.25) is 5.91 Å². The summed E-state index contributed by atoms with van der Waals surface area (Å²) in [4.78, 5) is 11.4. The van der Waals surface area contributed by atoms with E-state index < -0.39 is 0 Å². The van der Waals surface area contributed by atoms with Crippen molar-refractivity contribution in [1.29, 1.82) is 0 Å². The standard InChI is InChI=1S/C13H17NO/c1-9(2)10-6-7-12-11(8-10)4-3-5-13(15)14-12/h6-9H,3-5H2,1-2H3,(H,14,15). The number of nitrogens with one attached hydrogen (secondary N) is 1. The van der Waals surface area contributed by atoms with Crippen LogP contribution in [0, 0.1) is 0 Å². The molecule has 0 saturated carbocycles. The highest BCUT2D eigenvalue weighted by Crippen LogP contribution is 2.26. The molecule has 2 nitrogen and oxygen atoms in total. The maximum Gasteiger partial charge on any atom is 0.224 e. The Hall–Kier alpha value is -1.31. The Bertz CT molecular complexity index is 382. The number of hydrogen-bond acceptors (Lipinski definition) is 1. The molecule has 2 rings (SSSR count). The average Bonchev–Trinajstić information content (AvgIpc) is 2.37. The number of anilines is 1. The van der Waals surface area contributed by atoms with Crippen LogP contribution in [0.25, 0.3) is 0 Å². The summed E-state index contributed by atoms with van der Waals surface area (Å²) >= 11 is 0. The van der Waals surface area contributed by atoms with E-state index in [2.05, 4.69) is 31.3 Å². The molecule has 0 aromatic heterocycles. The lowest BCUT2D eigenvalue weighted by Gasteiger charge is -2.11. The molecule has 1 amide bonds. The molecule has 0 spiro atoms. The van der Waals surface area contributed by atoms with E-state index in [0.717, 1.165) is 18.5 Å². The molecule has 0 unspecified atom stereocenters. The maximum atomic E-state index is 11.4. The molecule has 1 aliphatic rings. The van der Waals surface area contributed by atoms with Gasteiger partial charge in [-0.1, -0.05) is 26.0 Å². The van der Waals surface area contributed by atoms with Crippen molar-refractivity contribution in [2.75, 3.05) is 5.32 Å². The largest absolute Gasteiger partial charge is 0.326 e. The zero-order valence-electron chi connectivity index (χ0n) is 9.34. The minimum atomic E-state index is 0.144. The summed E-state index contributed by atoms with van der Waals surface area (Å²) in [5.41, 5.74) is 3.64. The lowest BCUT2D eigenvalue weighted by Crippen LogP contribution is -2.09. The van der Waals surface area contributed by atoms with Gasteiger partial charge in [0.1, 0.15) is 0 Å². The Labute approximate surface area is 90.7 Å². The van der Waals surface area contributed by atoms with Crippen LogP contribution in [0.1, 0.15) is 43.7 Å². The van der Waals surface area contributed by atoms with E-state index in [9.17, 15) is 4.79 Å². The molecule has 1 aromatic rings. The van der Waals surface area contributed by atoms with Crippen LogP contribution < -0.4 is 5.32 Å². The summed E-state index contributed by atoms with van der Waals surface area (Å²) in [5, 5.41) is 2.95. The molecule has 1 aromatic carbocycles. The third kappa shape index (κ3) is 2.20. The Kier molecular flexibility index (Phi) is 2.76. The fourth-order valence-corrected chi connectivity index (χ4v) is 1.95. The Morgan fingerprint density at radius 2 is 2.07 bits per heavy atom. The van der Waals surface area contributed by atoms with Crippen LogP contribution in [0.5, 0.6) is 0 Å². The molecule has 0 radical (unpaired) electrons. The summed E-state index contributed by atoms with van der Waals surface area (Å²) < 4.78 is 0. The molecular weight excluding hydrogens is 186 g/mol. The highest BCUT2D eigenvalue weighted by Gasteiger charge is 2.13. The number of carbonyl (C=O) groups is 1. The van der Waals surface area contributed by atoms with Gasteiger partial charge in [-0.3, -0.25) is 4.79 Å². The molecule has 1 heterocycles. The number of carbonyl (C=O) groups excluding carboxylic acids is 1. The minimum absolute atomic E-state index is 0.144. The van der Waals surface area contributed by atoms with E-state index in [-0.39, 0.29) is 5.91 Å². The first kappa shape index (κ1) is 10.2. The lowest BCUT2D eigenvalue weighted by atomic mass is 9.98. The molecule has 0 aliphatic carbocycles. The summed E-state index contributed by atoms with van der Waals surface area (Å²) in [7, 11) is 0. The van der Waals surface area contributed by atoms with E-state index >= 15 is 0 Å². The number of aryl methyl sites for hydroxylation is 1. The van der Waals surface area contributed by atoms with Gasteiger partial charge in [0.25, 0.3) is 0 Å². The quantitative estimate of drug-likeness (QED) is 0.746. The van der Waals surface area contributed by atoms with E-state index in [1.165, 1.54) is 11.1 Å². The first-order valence-corrected chi connectivity index (χ1v) is 5.59. The van der Waals surface area contributed by atoms with Crippen molar-refractivity contribution in [1.82, 2.24) is 0 Å². The van der Waals surface area contributed by atoms with Gasteiger partial charge in [-0.15, -0.1) is 0 Å².